The molecule has 2 aliphatic rings. The van der Waals surface area contributed by atoms with Crippen LogP contribution in [-0.2, 0) is 19.5 Å². The number of nitrogens with zero attached hydrogens (tertiary/aromatic N) is 1. The standard InChI is InChI=1S/C14H16N2O6S/c17-13-15-11-2-1-10(9-12(11)22-13)23(18,19)16-5-3-14(4-6-16)20-7-8-21-14/h1-2,9H,3-8H2,(H,15,17). The minimum Gasteiger partial charge on any atom is -0.408 e. The van der Waals surface area contributed by atoms with Crippen LogP contribution in [0.25, 0.3) is 11.1 Å². The molecular formula is C14H16N2O6S. The third kappa shape index (κ3) is 2.49. The molecule has 0 unspecified atom stereocenters. The van der Waals surface area contributed by atoms with Gasteiger partial charge >= 0.3 is 5.76 Å². The van der Waals surface area contributed by atoms with Crippen molar-refractivity contribution in [3.63, 3.8) is 0 Å². The molecule has 9 heteroatoms. The second-order valence-corrected chi connectivity index (χ2v) is 7.62. The molecule has 0 radical (unpaired) electrons. The minimum absolute atomic E-state index is 0.108. The maximum absolute atomic E-state index is 12.8. The SMILES string of the molecule is O=c1[nH]c2ccc(S(=O)(=O)N3CCC4(CC3)OCCO4)cc2o1. The molecule has 1 N–H and O–H groups in total. The van der Waals surface area contributed by atoms with Crippen molar-refractivity contribution in [1.82, 2.24) is 9.29 Å². The molecule has 3 heterocycles. The van der Waals surface area contributed by atoms with Gasteiger partial charge in [0.05, 0.1) is 23.6 Å². The normalized spacial score (nSPS) is 22.1. The van der Waals surface area contributed by atoms with E-state index in [1.807, 2.05) is 0 Å². The number of piperidine rings is 1. The van der Waals surface area contributed by atoms with Crippen LogP contribution in [0.5, 0.6) is 0 Å². The van der Waals surface area contributed by atoms with E-state index in [0.717, 1.165) is 0 Å². The maximum Gasteiger partial charge on any atom is 0.417 e. The Labute approximate surface area is 132 Å². The molecule has 0 aliphatic carbocycles. The first-order valence-corrected chi connectivity index (χ1v) is 8.84. The minimum atomic E-state index is -3.64. The number of fused-ring (bicyclic) bond motifs is 1. The smallest absolute Gasteiger partial charge is 0.408 e. The largest absolute Gasteiger partial charge is 0.417 e. The van der Waals surface area contributed by atoms with Crippen LogP contribution in [0.2, 0.25) is 0 Å². The molecule has 4 rings (SSSR count). The molecule has 0 amide bonds. The molecule has 0 atom stereocenters. The van der Waals surface area contributed by atoms with Crippen molar-refractivity contribution in [3.05, 3.63) is 28.7 Å². The number of nitrogens with one attached hydrogen (secondary N) is 1. The van der Waals surface area contributed by atoms with Crippen molar-refractivity contribution >= 4 is 21.1 Å². The number of benzene rings is 1. The van der Waals surface area contributed by atoms with Gasteiger partial charge in [0.2, 0.25) is 10.0 Å². The molecule has 2 fully saturated rings. The van der Waals surface area contributed by atoms with Crippen molar-refractivity contribution in [2.45, 2.75) is 23.5 Å². The van der Waals surface area contributed by atoms with E-state index in [1.54, 1.807) is 0 Å². The lowest BCUT2D eigenvalue weighted by Crippen LogP contribution is -2.47. The number of aromatic nitrogens is 1. The van der Waals surface area contributed by atoms with E-state index in [0.29, 0.717) is 44.7 Å². The topological polar surface area (TPSA) is 102 Å². The lowest BCUT2D eigenvalue weighted by Gasteiger charge is -2.36. The van der Waals surface area contributed by atoms with Gasteiger partial charge in [-0.05, 0) is 12.1 Å². The molecule has 2 saturated heterocycles. The molecule has 0 saturated carbocycles. The highest BCUT2D eigenvalue weighted by Gasteiger charge is 2.42. The van der Waals surface area contributed by atoms with Gasteiger partial charge in [-0.1, -0.05) is 0 Å². The van der Waals surface area contributed by atoms with E-state index in [-0.39, 0.29) is 10.5 Å². The second-order valence-electron chi connectivity index (χ2n) is 5.68. The molecule has 1 aromatic carbocycles. The predicted molar refractivity (Wildman–Crippen MR) is 79.5 cm³/mol. The number of hydrogen-bond acceptors (Lipinski definition) is 6. The van der Waals surface area contributed by atoms with Crippen molar-refractivity contribution in [1.29, 1.82) is 0 Å². The number of rotatable bonds is 2. The van der Waals surface area contributed by atoms with Crippen molar-refractivity contribution in [3.8, 4) is 0 Å². The van der Waals surface area contributed by atoms with Gasteiger partial charge in [-0.15, -0.1) is 0 Å². The highest BCUT2D eigenvalue weighted by Crippen LogP contribution is 2.33. The predicted octanol–water partition coefficient (Wildman–Crippen LogP) is 0.649. The summed E-state index contributed by atoms with van der Waals surface area (Å²) in [5.74, 6) is -1.23. The van der Waals surface area contributed by atoms with E-state index in [4.69, 9.17) is 13.9 Å². The number of sulfonamides is 1. The summed E-state index contributed by atoms with van der Waals surface area (Å²) in [5, 5.41) is 0. The number of hydrogen-bond donors (Lipinski definition) is 1. The Kier molecular flexibility index (Phi) is 3.34. The van der Waals surface area contributed by atoms with Crippen LogP contribution >= 0.6 is 0 Å². The number of ether oxygens (including phenoxy) is 2. The fraction of sp³-hybridized carbons (Fsp3) is 0.500. The fourth-order valence-corrected chi connectivity index (χ4v) is 4.55. The van der Waals surface area contributed by atoms with Gasteiger partial charge in [-0.2, -0.15) is 4.31 Å². The van der Waals surface area contributed by atoms with Gasteiger partial charge in [-0.3, -0.25) is 4.98 Å². The Bertz CT molecular complexity index is 883. The number of aromatic amines is 1. The van der Waals surface area contributed by atoms with Gasteiger partial charge in [0, 0.05) is 32.0 Å². The second kappa shape index (κ2) is 5.17. The van der Waals surface area contributed by atoms with Crippen molar-refractivity contribution < 1.29 is 22.3 Å². The summed E-state index contributed by atoms with van der Waals surface area (Å²) in [5.41, 5.74) is 0.700. The lowest BCUT2D eigenvalue weighted by molar-refractivity contribution is -0.179. The van der Waals surface area contributed by atoms with Crippen LogP contribution in [0.15, 0.2) is 32.3 Å². The fourth-order valence-electron chi connectivity index (χ4n) is 3.09. The zero-order valence-electron chi connectivity index (χ0n) is 12.3. The first kappa shape index (κ1) is 14.9. The van der Waals surface area contributed by atoms with Gasteiger partial charge in [0.15, 0.2) is 11.4 Å². The average Bonchev–Trinajstić information content (AvgIpc) is 3.12. The summed E-state index contributed by atoms with van der Waals surface area (Å²) in [6.07, 6.45) is 1.02. The van der Waals surface area contributed by atoms with Crippen LogP contribution in [0.4, 0.5) is 0 Å². The Morgan fingerprint density at radius 3 is 2.52 bits per heavy atom. The maximum atomic E-state index is 12.8. The number of oxazole rings is 1. The van der Waals surface area contributed by atoms with Gasteiger partial charge in [-0.25, -0.2) is 13.2 Å². The monoisotopic (exact) mass is 340 g/mol. The van der Waals surface area contributed by atoms with Crippen LogP contribution < -0.4 is 5.76 Å². The molecular weight excluding hydrogens is 324 g/mol. The average molecular weight is 340 g/mol. The first-order valence-electron chi connectivity index (χ1n) is 7.40. The summed E-state index contributed by atoms with van der Waals surface area (Å²) >= 11 is 0. The molecule has 2 aromatic rings. The molecule has 1 spiro atoms. The lowest BCUT2D eigenvalue weighted by atomic mass is 10.1. The summed E-state index contributed by atoms with van der Waals surface area (Å²) in [4.78, 5) is 13.8. The molecule has 23 heavy (non-hydrogen) atoms. The summed E-state index contributed by atoms with van der Waals surface area (Å²) < 4.78 is 43.1. The molecule has 124 valence electrons. The summed E-state index contributed by atoms with van der Waals surface area (Å²) in [6, 6.07) is 4.37. The van der Waals surface area contributed by atoms with Gasteiger partial charge < -0.3 is 13.9 Å². The summed E-state index contributed by atoms with van der Waals surface area (Å²) in [6.45, 7) is 1.76. The third-order valence-corrected chi connectivity index (χ3v) is 6.22. The van der Waals surface area contributed by atoms with E-state index in [9.17, 15) is 13.2 Å². The summed E-state index contributed by atoms with van der Waals surface area (Å²) in [7, 11) is -3.64. The molecule has 8 nitrogen and oxygen atoms in total. The Hall–Kier alpha value is -1.68. The Morgan fingerprint density at radius 2 is 1.83 bits per heavy atom. The zero-order valence-corrected chi connectivity index (χ0v) is 13.1. The van der Waals surface area contributed by atoms with E-state index >= 15 is 0 Å². The van der Waals surface area contributed by atoms with Crippen LogP contribution in [0.1, 0.15) is 12.8 Å². The number of H-pyrrole nitrogens is 1. The van der Waals surface area contributed by atoms with Crippen LogP contribution in [0.3, 0.4) is 0 Å². The van der Waals surface area contributed by atoms with E-state index in [2.05, 4.69) is 4.98 Å². The van der Waals surface area contributed by atoms with Crippen LogP contribution in [-0.4, -0.2) is 49.8 Å². The van der Waals surface area contributed by atoms with Crippen molar-refractivity contribution in [2.24, 2.45) is 0 Å². The quantitative estimate of drug-likeness (QED) is 0.861. The first-order chi connectivity index (χ1) is 11.0. The highest BCUT2D eigenvalue weighted by atomic mass is 32.2. The van der Waals surface area contributed by atoms with E-state index < -0.39 is 21.6 Å². The Balaban J connectivity index is 1.60. The zero-order chi connectivity index (χ0) is 16.1. The van der Waals surface area contributed by atoms with Gasteiger partial charge in [0.25, 0.3) is 0 Å². The molecule has 1 aromatic heterocycles. The third-order valence-electron chi connectivity index (χ3n) is 4.33. The van der Waals surface area contributed by atoms with E-state index in [1.165, 1.54) is 22.5 Å². The van der Waals surface area contributed by atoms with Crippen LogP contribution in [0, 0.1) is 0 Å². The van der Waals surface area contributed by atoms with Crippen molar-refractivity contribution in [2.75, 3.05) is 26.3 Å². The molecule has 2 aliphatic heterocycles. The Morgan fingerprint density at radius 1 is 1.13 bits per heavy atom. The van der Waals surface area contributed by atoms with Gasteiger partial charge in [0.1, 0.15) is 0 Å². The molecule has 0 bridgehead atoms. The highest BCUT2D eigenvalue weighted by molar-refractivity contribution is 7.89.